The van der Waals surface area contributed by atoms with E-state index in [-0.39, 0.29) is 0 Å². The second-order valence-electron chi connectivity index (χ2n) is 4.01. The van der Waals surface area contributed by atoms with Crippen molar-refractivity contribution in [1.29, 1.82) is 0 Å². The van der Waals surface area contributed by atoms with E-state index in [9.17, 15) is 0 Å². The molecule has 2 aromatic rings. The van der Waals surface area contributed by atoms with Crippen LogP contribution in [0.25, 0.3) is 0 Å². The van der Waals surface area contributed by atoms with Gasteiger partial charge in [-0.15, -0.1) is 11.3 Å². The fourth-order valence-corrected chi connectivity index (χ4v) is 2.98. The second-order valence-corrected chi connectivity index (χ2v) is 5.89. The average molecular weight is 342 g/mol. The summed E-state index contributed by atoms with van der Waals surface area (Å²) in [6.07, 6.45) is 0. The summed E-state index contributed by atoms with van der Waals surface area (Å²) in [4.78, 5) is 1.19. The zero-order valence-corrected chi connectivity index (χ0v) is 13.3. The first kappa shape index (κ1) is 14.4. The highest BCUT2D eigenvalue weighted by atomic mass is 79.9. The predicted molar refractivity (Wildman–Crippen MR) is 82.1 cm³/mol. The number of ether oxygens (including phenoxy) is 2. The summed E-state index contributed by atoms with van der Waals surface area (Å²) in [6.45, 7) is 1.35. The highest BCUT2D eigenvalue weighted by molar-refractivity contribution is 9.10. The molecule has 0 amide bonds. The maximum Gasteiger partial charge on any atom is 0.175 e. The topological polar surface area (TPSA) is 30.5 Å². The third-order valence-electron chi connectivity index (χ3n) is 2.61. The van der Waals surface area contributed by atoms with Crippen LogP contribution in [0.4, 0.5) is 0 Å². The van der Waals surface area contributed by atoms with Gasteiger partial charge < -0.3 is 14.8 Å². The van der Waals surface area contributed by atoms with Crippen LogP contribution < -0.4 is 14.8 Å². The van der Waals surface area contributed by atoms with Crippen LogP contribution in [-0.2, 0) is 13.2 Å². The van der Waals surface area contributed by atoms with E-state index in [1.165, 1.54) is 4.88 Å². The van der Waals surface area contributed by atoms with E-state index in [2.05, 4.69) is 27.3 Å². The lowest BCUT2D eigenvalue weighted by Crippen LogP contribution is -2.06. The van der Waals surface area contributed by atoms with Crippen LogP contribution in [0.15, 0.2) is 34.1 Å². The average Bonchev–Trinajstić information content (AvgIpc) is 2.90. The molecule has 0 saturated carbocycles. The first-order valence-corrected chi connectivity index (χ1v) is 7.58. The van der Waals surface area contributed by atoms with Gasteiger partial charge in [0.25, 0.3) is 0 Å². The van der Waals surface area contributed by atoms with Gasteiger partial charge in [-0.2, -0.15) is 0 Å². The van der Waals surface area contributed by atoms with E-state index in [0.29, 0.717) is 6.61 Å². The molecule has 0 spiro atoms. The van der Waals surface area contributed by atoms with Gasteiger partial charge in [0.2, 0.25) is 0 Å². The molecule has 0 bridgehead atoms. The van der Waals surface area contributed by atoms with Gasteiger partial charge >= 0.3 is 0 Å². The Morgan fingerprint density at radius 3 is 2.84 bits per heavy atom. The van der Waals surface area contributed by atoms with E-state index in [1.807, 2.05) is 30.6 Å². The van der Waals surface area contributed by atoms with Gasteiger partial charge in [-0.25, -0.2) is 0 Å². The Kier molecular flexibility index (Phi) is 5.24. The van der Waals surface area contributed by atoms with E-state index < -0.39 is 0 Å². The van der Waals surface area contributed by atoms with Gasteiger partial charge in [-0.1, -0.05) is 6.07 Å². The zero-order chi connectivity index (χ0) is 13.7. The monoisotopic (exact) mass is 341 g/mol. The quantitative estimate of drug-likeness (QED) is 0.866. The molecule has 0 aliphatic rings. The second kappa shape index (κ2) is 6.93. The van der Waals surface area contributed by atoms with Crippen LogP contribution in [0.3, 0.4) is 0 Å². The van der Waals surface area contributed by atoms with E-state index in [0.717, 1.165) is 28.1 Å². The molecule has 102 valence electrons. The Morgan fingerprint density at radius 2 is 2.21 bits per heavy atom. The van der Waals surface area contributed by atoms with Crippen molar-refractivity contribution in [3.8, 4) is 11.5 Å². The van der Waals surface area contributed by atoms with Gasteiger partial charge in [-0.3, -0.25) is 0 Å². The van der Waals surface area contributed by atoms with Crippen molar-refractivity contribution < 1.29 is 9.47 Å². The minimum absolute atomic E-state index is 0.554. The maximum atomic E-state index is 5.85. The highest BCUT2D eigenvalue weighted by Crippen LogP contribution is 2.37. The molecule has 5 heteroatoms. The fourth-order valence-electron chi connectivity index (χ4n) is 1.76. The molecule has 2 rings (SSSR count). The largest absolute Gasteiger partial charge is 0.493 e. The number of rotatable bonds is 6. The Hall–Kier alpha value is -1.04. The van der Waals surface area contributed by atoms with Crippen molar-refractivity contribution in [1.82, 2.24) is 5.32 Å². The molecule has 19 heavy (non-hydrogen) atoms. The van der Waals surface area contributed by atoms with Crippen LogP contribution in [0.1, 0.15) is 10.4 Å². The van der Waals surface area contributed by atoms with Crippen molar-refractivity contribution in [2.24, 2.45) is 0 Å². The summed E-state index contributed by atoms with van der Waals surface area (Å²) < 4.78 is 12.2. The summed E-state index contributed by atoms with van der Waals surface area (Å²) in [5, 5.41) is 5.16. The van der Waals surface area contributed by atoms with Gasteiger partial charge in [0.15, 0.2) is 11.5 Å². The first-order chi connectivity index (χ1) is 9.24. The van der Waals surface area contributed by atoms with Crippen LogP contribution in [-0.4, -0.2) is 14.2 Å². The molecule has 0 saturated heterocycles. The molecule has 3 nitrogen and oxygen atoms in total. The molecule has 0 atom stereocenters. The zero-order valence-electron chi connectivity index (χ0n) is 10.9. The van der Waals surface area contributed by atoms with Gasteiger partial charge in [0.1, 0.15) is 6.61 Å². The summed E-state index contributed by atoms with van der Waals surface area (Å²) in [6, 6.07) is 8.11. The number of thiophene rings is 1. The van der Waals surface area contributed by atoms with E-state index in [1.54, 1.807) is 18.4 Å². The minimum Gasteiger partial charge on any atom is -0.493 e. The molecule has 0 aliphatic heterocycles. The molecule has 1 aromatic heterocycles. The Morgan fingerprint density at radius 1 is 1.37 bits per heavy atom. The number of halogens is 1. The molecule has 1 N–H and O–H groups in total. The van der Waals surface area contributed by atoms with Gasteiger partial charge in [-0.05, 0) is 52.1 Å². The standard InChI is InChI=1S/C14H16BrNO2S/c1-16-8-10-6-12(15)14(13(7-10)17-2)18-9-11-4-3-5-19-11/h3-7,16H,8-9H2,1-2H3. The van der Waals surface area contributed by atoms with Crippen LogP contribution in [0, 0.1) is 0 Å². The summed E-state index contributed by atoms with van der Waals surface area (Å²) >= 11 is 5.23. The number of nitrogens with one attached hydrogen (secondary N) is 1. The first-order valence-electron chi connectivity index (χ1n) is 5.90. The van der Waals surface area contributed by atoms with Crippen molar-refractivity contribution in [2.75, 3.05) is 14.2 Å². The normalized spacial score (nSPS) is 10.5. The van der Waals surface area contributed by atoms with Crippen molar-refractivity contribution in [3.05, 3.63) is 44.6 Å². The van der Waals surface area contributed by atoms with Crippen molar-refractivity contribution >= 4 is 27.3 Å². The van der Waals surface area contributed by atoms with Gasteiger partial charge in [0, 0.05) is 11.4 Å². The summed E-state index contributed by atoms with van der Waals surface area (Å²) in [5.41, 5.74) is 1.15. The number of hydrogen-bond donors (Lipinski definition) is 1. The smallest absolute Gasteiger partial charge is 0.175 e. The van der Waals surface area contributed by atoms with Crippen LogP contribution in [0.2, 0.25) is 0 Å². The third kappa shape index (κ3) is 3.72. The lowest BCUT2D eigenvalue weighted by atomic mass is 10.2. The molecular formula is C14H16BrNO2S. The minimum atomic E-state index is 0.554. The lowest BCUT2D eigenvalue weighted by molar-refractivity contribution is 0.285. The number of benzene rings is 1. The number of methoxy groups -OCH3 is 1. The molecule has 0 unspecified atom stereocenters. The van der Waals surface area contributed by atoms with E-state index >= 15 is 0 Å². The molecule has 1 heterocycles. The van der Waals surface area contributed by atoms with Gasteiger partial charge in [0.05, 0.1) is 11.6 Å². The third-order valence-corrected chi connectivity index (χ3v) is 4.05. The summed E-state index contributed by atoms with van der Waals surface area (Å²) in [7, 11) is 3.57. The molecule has 0 aliphatic carbocycles. The highest BCUT2D eigenvalue weighted by Gasteiger charge is 2.12. The SMILES string of the molecule is CNCc1cc(Br)c(OCc2cccs2)c(OC)c1. The molecular weight excluding hydrogens is 326 g/mol. The molecule has 1 aromatic carbocycles. The maximum absolute atomic E-state index is 5.85. The van der Waals surface area contributed by atoms with Crippen molar-refractivity contribution in [2.45, 2.75) is 13.2 Å². The molecule has 0 radical (unpaired) electrons. The lowest BCUT2D eigenvalue weighted by Gasteiger charge is -2.14. The fraction of sp³-hybridized carbons (Fsp3) is 0.286. The number of hydrogen-bond acceptors (Lipinski definition) is 4. The summed E-state index contributed by atoms with van der Waals surface area (Å²) in [5.74, 6) is 1.49. The van der Waals surface area contributed by atoms with E-state index in [4.69, 9.17) is 9.47 Å². The Labute approximate surface area is 125 Å². The van der Waals surface area contributed by atoms with Crippen molar-refractivity contribution in [3.63, 3.8) is 0 Å². The predicted octanol–water partition coefficient (Wildman–Crippen LogP) is 3.82. The Balaban J connectivity index is 2.18. The Bertz CT molecular complexity index is 528. The van der Waals surface area contributed by atoms with Crippen LogP contribution in [0.5, 0.6) is 11.5 Å². The van der Waals surface area contributed by atoms with Crippen LogP contribution >= 0.6 is 27.3 Å². The molecule has 0 fully saturated rings.